The maximum absolute atomic E-state index is 12.4. The molecule has 1 aromatic carbocycles. The van der Waals surface area contributed by atoms with Crippen molar-refractivity contribution in [3.05, 3.63) is 59.9 Å². The smallest absolute Gasteiger partial charge is 0.429 e. The van der Waals surface area contributed by atoms with Gasteiger partial charge in [0, 0.05) is 25.5 Å². The SMILES string of the molecule is CCOC(=O)N(c1ccncc1)N1CCc2ccccc2C1. The zero-order valence-electron chi connectivity index (χ0n) is 12.6. The molecule has 1 amide bonds. The Labute approximate surface area is 130 Å². The third-order valence-electron chi connectivity index (χ3n) is 3.74. The molecule has 0 saturated carbocycles. The van der Waals surface area contributed by atoms with Crippen LogP contribution < -0.4 is 5.01 Å². The van der Waals surface area contributed by atoms with Crippen LogP contribution in [0.2, 0.25) is 0 Å². The number of benzene rings is 1. The number of carbonyl (C=O) groups is 1. The predicted molar refractivity (Wildman–Crippen MR) is 84.3 cm³/mol. The first kappa shape index (κ1) is 14.5. The maximum atomic E-state index is 12.4. The second-order valence-corrected chi connectivity index (χ2v) is 5.12. The molecule has 0 radical (unpaired) electrons. The first-order chi connectivity index (χ1) is 10.8. The van der Waals surface area contributed by atoms with Crippen LogP contribution in [-0.2, 0) is 17.7 Å². The van der Waals surface area contributed by atoms with Crippen molar-refractivity contribution in [2.45, 2.75) is 19.9 Å². The molecule has 0 N–H and O–H groups in total. The summed E-state index contributed by atoms with van der Waals surface area (Å²) in [6, 6.07) is 12.0. The van der Waals surface area contributed by atoms with E-state index in [1.54, 1.807) is 17.4 Å². The van der Waals surface area contributed by atoms with Gasteiger partial charge in [0.2, 0.25) is 0 Å². The summed E-state index contributed by atoms with van der Waals surface area (Å²) in [6.45, 7) is 3.63. The van der Waals surface area contributed by atoms with E-state index in [-0.39, 0.29) is 6.09 Å². The van der Waals surface area contributed by atoms with Crippen molar-refractivity contribution in [1.82, 2.24) is 9.99 Å². The fourth-order valence-corrected chi connectivity index (χ4v) is 2.71. The number of anilines is 1. The second kappa shape index (κ2) is 6.58. The molecular formula is C17H19N3O2. The average Bonchev–Trinajstić information content (AvgIpc) is 2.56. The second-order valence-electron chi connectivity index (χ2n) is 5.12. The highest BCUT2D eigenvalue weighted by molar-refractivity contribution is 5.86. The van der Waals surface area contributed by atoms with E-state index in [1.165, 1.54) is 11.1 Å². The van der Waals surface area contributed by atoms with Gasteiger partial charge >= 0.3 is 6.09 Å². The summed E-state index contributed by atoms with van der Waals surface area (Å²) in [5.41, 5.74) is 3.36. The highest BCUT2D eigenvalue weighted by atomic mass is 16.6. The Bertz CT molecular complexity index is 645. The molecule has 0 saturated heterocycles. The number of rotatable bonds is 3. The Kier molecular flexibility index (Phi) is 4.34. The van der Waals surface area contributed by atoms with Gasteiger partial charge in [-0.2, -0.15) is 0 Å². The van der Waals surface area contributed by atoms with Crippen molar-refractivity contribution in [2.24, 2.45) is 0 Å². The minimum Gasteiger partial charge on any atom is -0.448 e. The molecule has 114 valence electrons. The number of amides is 1. The molecule has 0 bridgehead atoms. The lowest BCUT2D eigenvalue weighted by molar-refractivity contribution is 0.129. The van der Waals surface area contributed by atoms with Gasteiger partial charge in [-0.3, -0.25) is 4.98 Å². The summed E-state index contributed by atoms with van der Waals surface area (Å²) in [5.74, 6) is 0. The summed E-state index contributed by atoms with van der Waals surface area (Å²) in [5, 5.41) is 3.64. The lowest BCUT2D eigenvalue weighted by Gasteiger charge is -2.37. The van der Waals surface area contributed by atoms with E-state index in [2.05, 4.69) is 23.2 Å². The predicted octanol–water partition coefficient (Wildman–Crippen LogP) is 3.02. The van der Waals surface area contributed by atoms with E-state index < -0.39 is 0 Å². The van der Waals surface area contributed by atoms with Gasteiger partial charge < -0.3 is 4.74 Å². The van der Waals surface area contributed by atoms with Crippen LogP contribution >= 0.6 is 0 Å². The highest BCUT2D eigenvalue weighted by Crippen LogP contribution is 2.24. The molecule has 5 nitrogen and oxygen atoms in total. The van der Waals surface area contributed by atoms with E-state index in [9.17, 15) is 4.79 Å². The van der Waals surface area contributed by atoms with Gasteiger partial charge in [-0.25, -0.2) is 14.8 Å². The standard InChI is InChI=1S/C17H19N3O2/c1-2-22-17(21)20(16-7-10-18-11-8-16)19-12-9-14-5-3-4-6-15(14)13-19/h3-8,10-11H,2,9,12-13H2,1H3. The number of carbonyl (C=O) groups excluding carboxylic acids is 1. The fourth-order valence-electron chi connectivity index (χ4n) is 2.71. The van der Waals surface area contributed by atoms with E-state index in [0.29, 0.717) is 13.2 Å². The highest BCUT2D eigenvalue weighted by Gasteiger charge is 2.27. The largest absolute Gasteiger partial charge is 0.448 e. The molecule has 1 aliphatic rings. The number of fused-ring (bicyclic) bond motifs is 1. The quantitative estimate of drug-likeness (QED) is 0.873. The summed E-state index contributed by atoms with van der Waals surface area (Å²) < 4.78 is 5.22. The Morgan fingerprint density at radius 1 is 1.23 bits per heavy atom. The van der Waals surface area contributed by atoms with Gasteiger partial charge in [0.1, 0.15) is 0 Å². The van der Waals surface area contributed by atoms with Crippen LogP contribution in [0.3, 0.4) is 0 Å². The third kappa shape index (κ3) is 2.94. The Balaban J connectivity index is 1.89. The van der Waals surface area contributed by atoms with Crippen LogP contribution in [0.25, 0.3) is 0 Å². The van der Waals surface area contributed by atoms with Crippen LogP contribution in [0.4, 0.5) is 10.5 Å². The lowest BCUT2D eigenvalue weighted by atomic mass is 10.0. The van der Waals surface area contributed by atoms with Crippen molar-refractivity contribution in [2.75, 3.05) is 18.2 Å². The summed E-state index contributed by atoms with van der Waals surface area (Å²) in [4.78, 5) is 16.4. The van der Waals surface area contributed by atoms with Gasteiger partial charge in [-0.15, -0.1) is 0 Å². The number of ether oxygens (including phenoxy) is 1. The van der Waals surface area contributed by atoms with Crippen molar-refractivity contribution < 1.29 is 9.53 Å². The summed E-state index contributed by atoms with van der Waals surface area (Å²) >= 11 is 0. The van der Waals surface area contributed by atoms with Crippen LogP contribution in [-0.4, -0.2) is 29.2 Å². The van der Waals surface area contributed by atoms with Crippen molar-refractivity contribution in [3.8, 4) is 0 Å². The molecule has 5 heteroatoms. The summed E-state index contributed by atoms with van der Waals surface area (Å²) in [6.07, 6.45) is 3.92. The lowest BCUT2D eigenvalue weighted by Crippen LogP contribution is -2.49. The van der Waals surface area contributed by atoms with E-state index in [1.807, 2.05) is 30.1 Å². The molecular weight excluding hydrogens is 278 g/mol. The summed E-state index contributed by atoms with van der Waals surface area (Å²) in [7, 11) is 0. The van der Waals surface area contributed by atoms with Crippen LogP contribution in [0.5, 0.6) is 0 Å². The minimum atomic E-state index is -0.354. The van der Waals surface area contributed by atoms with E-state index in [0.717, 1.165) is 18.7 Å². The monoisotopic (exact) mass is 297 g/mol. The van der Waals surface area contributed by atoms with Crippen LogP contribution in [0, 0.1) is 0 Å². The topological polar surface area (TPSA) is 45.7 Å². The molecule has 0 aliphatic carbocycles. The number of pyridine rings is 1. The van der Waals surface area contributed by atoms with E-state index in [4.69, 9.17) is 4.74 Å². The van der Waals surface area contributed by atoms with Gasteiger partial charge in [-0.1, -0.05) is 24.3 Å². The zero-order chi connectivity index (χ0) is 15.4. The number of hydrogen-bond donors (Lipinski definition) is 0. The number of hydrogen-bond acceptors (Lipinski definition) is 4. The molecule has 0 spiro atoms. The van der Waals surface area contributed by atoms with Gasteiger partial charge in [0.15, 0.2) is 0 Å². The first-order valence-electron chi connectivity index (χ1n) is 7.48. The number of aromatic nitrogens is 1. The Morgan fingerprint density at radius 3 is 2.68 bits per heavy atom. The van der Waals surface area contributed by atoms with Crippen LogP contribution in [0.1, 0.15) is 18.1 Å². The van der Waals surface area contributed by atoms with Crippen LogP contribution in [0.15, 0.2) is 48.8 Å². The fraction of sp³-hybridized carbons (Fsp3) is 0.294. The van der Waals surface area contributed by atoms with Crippen molar-refractivity contribution in [1.29, 1.82) is 0 Å². The molecule has 0 fully saturated rings. The first-order valence-corrected chi connectivity index (χ1v) is 7.48. The molecule has 2 aromatic rings. The molecule has 1 aromatic heterocycles. The minimum absolute atomic E-state index is 0.352. The van der Waals surface area contributed by atoms with Gasteiger partial charge in [-0.05, 0) is 36.6 Å². The maximum Gasteiger partial charge on any atom is 0.429 e. The van der Waals surface area contributed by atoms with Gasteiger partial charge in [0.05, 0.1) is 12.3 Å². The molecule has 2 heterocycles. The molecule has 22 heavy (non-hydrogen) atoms. The molecule has 3 rings (SSSR count). The third-order valence-corrected chi connectivity index (χ3v) is 3.74. The number of hydrazine groups is 1. The number of nitrogens with zero attached hydrogens (tertiary/aromatic N) is 3. The average molecular weight is 297 g/mol. The van der Waals surface area contributed by atoms with Crippen molar-refractivity contribution >= 4 is 11.8 Å². The molecule has 1 aliphatic heterocycles. The van der Waals surface area contributed by atoms with Gasteiger partial charge in [0.25, 0.3) is 0 Å². The zero-order valence-corrected chi connectivity index (χ0v) is 12.6. The normalized spacial score (nSPS) is 14.2. The van der Waals surface area contributed by atoms with Crippen molar-refractivity contribution in [3.63, 3.8) is 0 Å². The Morgan fingerprint density at radius 2 is 1.95 bits per heavy atom. The molecule has 0 atom stereocenters. The van der Waals surface area contributed by atoms with E-state index >= 15 is 0 Å². The molecule has 0 unspecified atom stereocenters. The Hall–Kier alpha value is -2.40.